The van der Waals surface area contributed by atoms with Crippen molar-refractivity contribution in [1.29, 1.82) is 0 Å². The summed E-state index contributed by atoms with van der Waals surface area (Å²) in [6.07, 6.45) is 28.1. The molecule has 0 aliphatic rings. The van der Waals surface area contributed by atoms with Gasteiger partial charge in [-0.2, -0.15) is 0 Å². The van der Waals surface area contributed by atoms with E-state index in [-0.39, 0.29) is 10.8 Å². The maximum absolute atomic E-state index is 13.3. The molecule has 0 fully saturated rings. The van der Waals surface area contributed by atoms with Crippen molar-refractivity contribution in [3.8, 4) is 0 Å². The van der Waals surface area contributed by atoms with Crippen molar-refractivity contribution in [2.45, 2.75) is 259 Å². The predicted octanol–water partition coefficient (Wildman–Crippen LogP) is 16.9. The molecule has 0 amide bonds. The van der Waals surface area contributed by atoms with Crippen molar-refractivity contribution in [3.63, 3.8) is 0 Å². The summed E-state index contributed by atoms with van der Waals surface area (Å²) in [5, 5.41) is 0. The molecule has 0 aliphatic heterocycles. The van der Waals surface area contributed by atoms with Crippen molar-refractivity contribution < 1.29 is 43.4 Å². The van der Waals surface area contributed by atoms with Crippen LogP contribution in [-0.4, -0.2) is 30.7 Å². The molecule has 64 heavy (non-hydrogen) atoms. The van der Waals surface area contributed by atoms with Gasteiger partial charge in [-0.15, -0.1) is 9.78 Å². The van der Waals surface area contributed by atoms with E-state index in [1.54, 1.807) is 24.3 Å². The van der Waals surface area contributed by atoms with E-state index in [4.69, 9.17) is 29.0 Å². The molecular weight excluding hydrogens is 805 g/mol. The maximum atomic E-state index is 13.3. The number of carbonyl (C=O) groups is 3. The van der Waals surface area contributed by atoms with E-state index < -0.39 is 30.7 Å². The van der Waals surface area contributed by atoms with E-state index in [1.807, 2.05) is 24.3 Å². The highest BCUT2D eigenvalue weighted by Gasteiger charge is 2.26. The molecular formula is C55H90O9. The molecule has 0 saturated carbocycles. The second kappa shape index (κ2) is 34.0. The summed E-state index contributed by atoms with van der Waals surface area (Å²) in [6.45, 7) is 17.1. The number of carbonyl (C=O) groups excluding carboxylic acids is 3. The summed E-state index contributed by atoms with van der Waals surface area (Å²) in [5.41, 5.74) is 2.65. The Balaban J connectivity index is 1.98. The lowest BCUT2D eigenvalue weighted by Crippen LogP contribution is -2.28. The first-order valence-corrected chi connectivity index (χ1v) is 25.6. The third-order valence-corrected chi connectivity index (χ3v) is 12.0. The fraction of sp³-hybridized carbons (Fsp3) is 0.727. The van der Waals surface area contributed by atoms with E-state index >= 15 is 0 Å². The van der Waals surface area contributed by atoms with Crippen LogP contribution in [0.5, 0.6) is 0 Å². The first kappa shape index (κ1) is 56.7. The third-order valence-electron chi connectivity index (χ3n) is 12.0. The Morgan fingerprint density at radius 2 is 0.641 bits per heavy atom. The molecule has 0 aromatic heterocycles. The van der Waals surface area contributed by atoms with Gasteiger partial charge in [-0.25, -0.2) is 14.4 Å². The number of hydrogen-bond acceptors (Lipinski definition) is 9. The van der Waals surface area contributed by atoms with Crippen LogP contribution in [0.3, 0.4) is 0 Å². The summed E-state index contributed by atoms with van der Waals surface area (Å²) in [5.74, 6) is -1.39. The molecule has 9 nitrogen and oxygen atoms in total. The zero-order chi connectivity index (χ0) is 46.9. The van der Waals surface area contributed by atoms with Crippen LogP contribution in [0.15, 0.2) is 48.5 Å². The highest BCUT2D eigenvalue weighted by Crippen LogP contribution is 2.25. The summed E-state index contributed by atoms with van der Waals surface area (Å²) in [6, 6.07) is 14.3. The average Bonchev–Trinajstić information content (AvgIpc) is 3.26. The molecule has 2 aromatic carbocycles. The van der Waals surface area contributed by atoms with E-state index in [9.17, 15) is 14.4 Å². The quantitative estimate of drug-likeness (QED) is 0.0217. The molecule has 2 rings (SSSR count). The Bertz CT molecular complexity index is 1380. The summed E-state index contributed by atoms with van der Waals surface area (Å²) in [7, 11) is 0. The Kier molecular flexibility index (Phi) is 30.1. The van der Waals surface area contributed by atoms with Gasteiger partial charge in [0.15, 0.2) is 0 Å². The SMILES string of the molecule is CCCCCCCCCCCCCCCC(OOC(=O)c1ccc(C(C)(C)C)cc1)OC(=O)OC(CCCCCCCCCCCCCCC)OOC(=O)c1ccc(C(C)(C)C)cc1. The molecule has 0 heterocycles. The van der Waals surface area contributed by atoms with Crippen LogP contribution in [0.1, 0.15) is 267 Å². The van der Waals surface area contributed by atoms with Gasteiger partial charge < -0.3 is 9.47 Å². The monoisotopic (exact) mass is 895 g/mol. The van der Waals surface area contributed by atoms with Crippen LogP contribution >= 0.6 is 0 Å². The number of hydrogen-bond donors (Lipinski definition) is 0. The number of rotatable bonds is 36. The molecule has 0 N–H and O–H groups in total. The van der Waals surface area contributed by atoms with Crippen molar-refractivity contribution in [3.05, 3.63) is 70.8 Å². The van der Waals surface area contributed by atoms with E-state index in [0.29, 0.717) is 36.8 Å². The van der Waals surface area contributed by atoms with E-state index in [0.717, 1.165) is 49.7 Å². The summed E-state index contributed by atoms with van der Waals surface area (Å²) in [4.78, 5) is 60.8. The van der Waals surface area contributed by atoms with Crippen molar-refractivity contribution in [2.75, 3.05) is 0 Å². The second-order valence-electron chi connectivity index (χ2n) is 20.0. The lowest BCUT2D eigenvalue weighted by Gasteiger charge is -2.20. The van der Waals surface area contributed by atoms with Crippen LogP contribution in [0.25, 0.3) is 0 Å². The molecule has 0 radical (unpaired) electrons. The predicted molar refractivity (Wildman–Crippen MR) is 259 cm³/mol. The highest BCUT2D eigenvalue weighted by atomic mass is 17.2. The van der Waals surface area contributed by atoms with Gasteiger partial charge in [0.25, 0.3) is 0 Å². The number of benzene rings is 2. The minimum absolute atomic E-state index is 0.0730. The molecule has 9 heteroatoms. The Morgan fingerprint density at radius 3 is 0.891 bits per heavy atom. The fourth-order valence-corrected chi connectivity index (χ4v) is 7.66. The Labute approximate surface area is 389 Å². The first-order valence-electron chi connectivity index (χ1n) is 25.6. The van der Waals surface area contributed by atoms with Crippen LogP contribution < -0.4 is 0 Å². The highest BCUT2D eigenvalue weighted by molar-refractivity contribution is 5.89. The van der Waals surface area contributed by atoms with Gasteiger partial charge in [-0.1, -0.05) is 234 Å². The van der Waals surface area contributed by atoms with Gasteiger partial charge in [-0.3, -0.25) is 9.78 Å². The van der Waals surface area contributed by atoms with E-state index in [2.05, 4.69) is 55.4 Å². The average molecular weight is 895 g/mol. The Morgan fingerprint density at radius 1 is 0.391 bits per heavy atom. The Hall–Kier alpha value is -3.43. The third kappa shape index (κ3) is 27.1. The van der Waals surface area contributed by atoms with Gasteiger partial charge in [0.1, 0.15) is 0 Å². The van der Waals surface area contributed by atoms with Crippen LogP contribution in [-0.2, 0) is 39.9 Å². The summed E-state index contributed by atoms with van der Waals surface area (Å²) >= 11 is 0. The van der Waals surface area contributed by atoms with Crippen LogP contribution in [0, 0.1) is 0 Å². The fourth-order valence-electron chi connectivity index (χ4n) is 7.66. The lowest BCUT2D eigenvalue weighted by molar-refractivity contribution is -0.348. The van der Waals surface area contributed by atoms with Gasteiger partial charge >= 0.3 is 18.1 Å². The van der Waals surface area contributed by atoms with Crippen LogP contribution in [0.2, 0.25) is 0 Å². The first-order chi connectivity index (χ1) is 30.7. The van der Waals surface area contributed by atoms with Crippen LogP contribution in [0.4, 0.5) is 4.79 Å². The normalized spacial score (nSPS) is 12.8. The molecule has 2 aromatic rings. The van der Waals surface area contributed by atoms with Gasteiger partial charge in [0, 0.05) is 12.8 Å². The minimum Gasteiger partial charge on any atom is -0.400 e. The molecule has 0 aliphatic carbocycles. The van der Waals surface area contributed by atoms with Crippen molar-refractivity contribution >= 4 is 18.1 Å². The van der Waals surface area contributed by atoms with Crippen molar-refractivity contribution in [2.24, 2.45) is 0 Å². The molecule has 2 atom stereocenters. The van der Waals surface area contributed by atoms with E-state index in [1.165, 1.54) is 116 Å². The molecule has 2 unspecified atom stereocenters. The molecule has 364 valence electrons. The number of ether oxygens (including phenoxy) is 2. The number of unbranched alkanes of at least 4 members (excludes halogenated alkanes) is 24. The maximum Gasteiger partial charge on any atom is 0.513 e. The molecule has 0 spiro atoms. The zero-order valence-corrected chi connectivity index (χ0v) is 41.7. The van der Waals surface area contributed by atoms with Crippen molar-refractivity contribution in [1.82, 2.24) is 0 Å². The summed E-state index contributed by atoms with van der Waals surface area (Å²) < 4.78 is 11.2. The standard InChI is InChI=1S/C55H90O9/c1-9-11-13-15-17-19-21-23-25-27-29-31-33-35-49(61-63-51(56)45-37-41-47(42-38-45)54(3,4)5)59-53(58)60-50(36-34-32-30-28-26-24-22-20-18-16-14-12-10-2)62-64-52(57)46-39-43-48(44-40-46)55(6,7)8/h37-44,49-50H,9-36H2,1-8H3. The van der Waals surface area contributed by atoms with Gasteiger partial charge in [0.2, 0.25) is 12.6 Å². The largest absolute Gasteiger partial charge is 0.513 e. The minimum atomic E-state index is -1.21. The van der Waals surface area contributed by atoms with Gasteiger partial charge in [0.05, 0.1) is 11.1 Å². The smallest absolute Gasteiger partial charge is 0.400 e. The molecule has 0 saturated heterocycles. The van der Waals surface area contributed by atoms with Gasteiger partial charge in [-0.05, 0) is 59.1 Å². The zero-order valence-electron chi connectivity index (χ0n) is 41.7. The molecule has 0 bridgehead atoms. The topological polar surface area (TPSA) is 107 Å². The lowest BCUT2D eigenvalue weighted by atomic mass is 9.87. The second-order valence-corrected chi connectivity index (χ2v) is 20.0.